The molecule has 1 N–H and O–H groups in total. The molecule has 3 rings (SSSR count). The number of aromatic nitrogens is 2. The molecule has 0 radical (unpaired) electrons. The van der Waals surface area contributed by atoms with Gasteiger partial charge >= 0.3 is 0 Å². The number of rotatable bonds is 6. The summed E-state index contributed by atoms with van der Waals surface area (Å²) in [7, 11) is 0. The van der Waals surface area contributed by atoms with Crippen LogP contribution in [0.2, 0.25) is 5.02 Å². The van der Waals surface area contributed by atoms with Crippen LogP contribution >= 0.6 is 11.6 Å². The van der Waals surface area contributed by atoms with E-state index in [0.29, 0.717) is 17.1 Å². The highest BCUT2D eigenvalue weighted by atomic mass is 35.5. The van der Waals surface area contributed by atoms with Gasteiger partial charge in [0.05, 0.1) is 11.7 Å². The molecule has 2 heterocycles. The van der Waals surface area contributed by atoms with E-state index in [-0.39, 0.29) is 5.91 Å². The van der Waals surface area contributed by atoms with E-state index >= 15 is 0 Å². The van der Waals surface area contributed by atoms with Gasteiger partial charge in [0, 0.05) is 29.8 Å². The SMILES string of the molecule is C/C(=C\c1ccc(Cl)cc1)C(=O)NCCCc1ncc2ccccn12. The lowest BCUT2D eigenvalue weighted by Gasteiger charge is -2.06. The van der Waals surface area contributed by atoms with Crippen LogP contribution in [0.15, 0.2) is 60.4 Å². The van der Waals surface area contributed by atoms with Gasteiger partial charge in [-0.2, -0.15) is 0 Å². The van der Waals surface area contributed by atoms with Crippen LogP contribution < -0.4 is 5.32 Å². The van der Waals surface area contributed by atoms with Crippen LogP contribution in [0.25, 0.3) is 11.6 Å². The Morgan fingerprint density at radius 2 is 2.04 bits per heavy atom. The third-order valence-electron chi connectivity index (χ3n) is 3.99. The van der Waals surface area contributed by atoms with Gasteiger partial charge in [0.15, 0.2) is 0 Å². The number of carbonyl (C=O) groups is 1. The minimum absolute atomic E-state index is 0.0528. The number of benzene rings is 1. The van der Waals surface area contributed by atoms with Crippen LogP contribution in [0.1, 0.15) is 24.7 Å². The highest BCUT2D eigenvalue weighted by Gasteiger charge is 2.05. The van der Waals surface area contributed by atoms with Crippen molar-refractivity contribution in [1.29, 1.82) is 0 Å². The molecular formula is C20H20ClN3O. The molecule has 0 aliphatic heterocycles. The van der Waals surface area contributed by atoms with Gasteiger partial charge in [-0.15, -0.1) is 0 Å². The zero-order valence-electron chi connectivity index (χ0n) is 14.1. The molecule has 0 aliphatic carbocycles. The Balaban J connectivity index is 1.49. The summed E-state index contributed by atoms with van der Waals surface area (Å²) in [5.41, 5.74) is 2.72. The fourth-order valence-corrected chi connectivity index (χ4v) is 2.77. The predicted octanol–water partition coefficient (Wildman–Crippen LogP) is 4.14. The Morgan fingerprint density at radius 1 is 1.24 bits per heavy atom. The topological polar surface area (TPSA) is 46.4 Å². The van der Waals surface area contributed by atoms with Crippen molar-refractivity contribution in [2.45, 2.75) is 19.8 Å². The van der Waals surface area contributed by atoms with E-state index in [1.54, 1.807) is 0 Å². The molecule has 0 saturated carbocycles. The van der Waals surface area contributed by atoms with Crippen molar-refractivity contribution in [3.8, 4) is 0 Å². The number of nitrogens with one attached hydrogen (secondary N) is 1. The van der Waals surface area contributed by atoms with Crippen LogP contribution in [0, 0.1) is 0 Å². The summed E-state index contributed by atoms with van der Waals surface area (Å²) in [6.45, 7) is 2.43. The molecule has 5 heteroatoms. The van der Waals surface area contributed by atoms with E-state index in [1.165, 1.54) is 0 Å². The van der Waals surface area contributed by atoms with Gasteiger partial charge in [-0.1, -0.05) is 29.8 Å². The van der Waals surface area contributed by atoms with E-state index in [0.717, 1.165) is 29.7 Å². The number of pyridine rings is 1. The summed E-state index contributed by atoms with van der Waals surface area (Å²) in [4.78, 5) is 16.6. The second kappa shape index (κ2) is 7.99. The summed E-state index contributed by atoms with van der Waals surface area (Å²) in [6, 6.07) is 13.4. The molecule has 0 bridgehead atoms. The fraction of sp³-hybridized carbons (Fsp3) is 0.200. The van der Waals surface area contributed by atoms with Crippen molar-refractivity contribution >= 4 is 29.1 Å². The lowest BCUT2D eigenvalue weighted by atomic mass is 10.1. The van der Waals surface area contributed by atoms with Gasteiger partial charge in [0.1, 0.15) is 5.82 Å². The first-order chi connectivity index (χ1) is 12.1. The molecule has 2 aromatic heterocycles. The molecule has 0 fully saturated rings. The van der Waals surface area contributed by atoms with Crippen LogP contribution in [-0.2, 0) is 11.2 Å². The number of halogens is 1. The Hall–Kier alpha value is -2.59. The summed E-state index contributed by atoms with van der Waals surface area (Å²) >= 11 is 5.87. The fourth-order valence-electron chi connectivity index (χ4n) is 2.65. The van der Waals surface area contributed by atoms with Crippen LogP contribution in [-0.4, -0.2) is 21.8 Å². The second-order valence-electron chi connectivity index (χ2n) is 5.91. The van der Waals surface area contributed by atoms with E-state index < -0.39 is 0 Å². The number of aryl methyl sites for hydroxylation is 1. The number of imidazole rings is 1. The number of fused-ring (bicyclic) bond motifs is 1. The molecule has 128 valence electrons. The van der Waals surface area contributed by atoms with Gasteiger partial charge < -0.3 is 9.72 Å². The first kappa shape index (κ1) is 17.2. The molecule has 3 aromatic rings. The van der Waals surface area contributed by atoms with E-state index in [4.69, 9.17) is 11.6 Å². The van der Waals surface area contributed by atoms with Crippen molar-refractivity contribution in [3.63, 3.8) is 0 Å². The van der Waals surface area contributed by atoms with Crippen molar-refractivity contribution < 1.29 is 4.79 Å². The normalized spacial score (nSPS) is 11.7. The van der Waals surface area contributed by atoms with Crippen molar-refractivity contribution in [3.05, 3.63) is 76.8 Å². The highest BCUT2D eigenvalue weighted by molar-refractivity contribution is 6.30. The standard InChI is InChI=1S/C20H20ClN3O/c1-15(13-16-7-9-17(21)10-8-16)20(25)22-11-4-6-19-23-14-18-5-2-3-12-24(18)19/h2-3,5,7-10,12-14H,4,6,11H2,1H3,(H,22,25)/b15-13+. The van der Waals surface area contributed by atoms with Gasteiger partial charge in [-0.05, 0) is 49.2 Å². The predicted molar refractivity (Wildman–Crippen MR) is 102 cm³/mol. The summed E-state index contributed by atoms with van der Waals surface area (Å²) in [5, 5.41) is 3.64. The van der Waals surface area contributed by atoms with Gasteiger partial charge in [0.2, 0.25) is 5.91 Å². The summed E-state index contributed by atoms with van der Waals surface area (Å²) < 4.78 is 2.08. The molecular weight excluding hydrogens is 334 g/mol. The van der Waals surface area contributed by atoms with Gasteiger partial charge in [-0.3, -0.25) is 4.79 Å². The number of carbonyl (C=O) groups excluding carboxylic acids is 1. The quantitative estimate of drug-likeness (QED) is 0.534. The maximum absolute atomic E-state index is 12.2. The Labute approximate surface area is 152 Å². The largest absolute Gasteiger partial charge is 0.352 e. The lowest BCUT2D eigenvalue weighted by Crippen LogP contribution is -2.25. The Bertz CT molecular complexity index is 897. The highest BCUT2D eigenvalue weighted by Crippen LogP contribution is 2.12. The van der Waals surface area contributed by atoms with E-state index in [1.807, 2.05) is 67.9 Å². The van der Waals surface area contributed by atoms with Gasteiger partial charge in [-0.25, -0.2) is 4.98 Å². The maximum atomic E-state index is 12.2. The minimum atomic E-state index is -0.0528. The molecule has 0 aliphatic rings. The molecule has 0 spiro atoms. The summed E-state index contributed by atoms with van der Waals surface area (Å²) in [5.74, 6) is 0.959. The molecule has 1 aromatic carbocycles. The second-order valence-corrected chi connectivity index (χ2v) is 6.34. The van der Waals surface area contributed by atoms with Crippen LogP contribution in [0.5, 0.6) is 0 Å². The van der Waals surface area contributed by atoms with E-state index in [2.05, 4.69) is 14.7 Å². The average Bonchev–Trinajstić information content (AvgIpc) is 3.03. The molecule has 1 amide bonds. The average molecular weight is 354 g/mol. The smallest absolute Gasteiger partial charge is 0.246 e. The van der Waals surface area contributed by atoms with Crippen molar-refractivity contribution in [2.75, 3.05) is 6.54 Å². The molecule has 0 unspecified atom stereocenters. The molecule has 25 heavy (non-hydrogen) atoms. The summed E-state index contributed by atoms with van der Waals surface area (Å²) in [6.07, 6.45) is 7.39. The van der Waals surface area contributed by atoms with E-state index in [9.17, 15) is 4.79 Å². The molecule has 0 atom stereocenters. The van der Waals surface area contributed by atoms with Crippen molar-refractivity contribution in [2.24, 2.45) is 0 Å². The zero-order chi connectivity index (χ0) is 17.6. The first-order valence-electron chi connectivity index (χ1n) is 8.26. The monoisotopic (exact) mass is 353 g/mol. The number of hydrogen-bond donors (Lipinski definition) is 1. The Morgan fingerprint density at radius 3 is 2.84 bits per heavy atom. The number of amides is 1. The molecule has 0 saturated heterocycles. The van der Waals surface area contributed by atoms with Gasteiger partial charge in [0.25, 0.3) is 0 Å². The molecule has 4 nitrogen and oxygen atoms in total. The maximum Gasteiger partial charge on any atom is 0.246 e. The minimum Gasteiger partial charge on any atom is -0.352 e. The third-order valence-corrected chi connectivity index (χ3v) is 4.24. The Kier molecular flexibility index (Phi) is 5.51. The number of nitrogens with zero attached hydrogens (tertiary/aromatic N) is 2. The number of hydrogen-bond acceptors (Lipinski definition) is 2. The third kappa shape index (κ3) is 4.48. The zero-order valence-corrected chi connectivity index (χ0v) is 14.8. The van der Waals surface area contributed by atoms with Crippen LogP contribution in [0.3, 0.4) is 0 Å². The van der Waals surface area contributed by atoms with Crippen LogP contribution in [0.4, 0.5) is 0 Å². The van der Waals surface area contributed by atoms with Crippen molar-refractivity contribution in [1.82, 2.24) is 14.7 Å². The first-order valence-corrected chi connectivity index (χ1v) is 8.64. The lowest BCUT2D eigenvalue weighted by molar-refractivity contribution is -0.117.